The molecule has 1 aliphatic rings. The van der Waals surface area contributed by atoms with E-state index in [2.05, 4.69) is 30.3 Å². The van der Waals surface area contributed by atoms with Gasteiger partial charge in [-0.15, -0.1) is 0 Å². The first-order valence-electron chi connectivity index (χ1n) is 4.84. The zero-order valence-corrected chi connectivity index (χ0v) is 9.24. The van der Waals surface area contributed by atoms with Gasteiger partial charge < -0.3 is 0 Å². The molecule has 0 bridgehead atoms. The number of rotatable bonds is 1. The topological polar surface area (TPSA) is 30.2 Å². The number of nitrogens with zero attached hydrogens (tertiary/aromatic N) is 3. The number of imidazole rings is 1. The van der Waals surface area contributed by atoms with Crippen molar-refractivity contribution < 1.29 is 0 Å². The molecule has 0 radical (unpaired) electrons. The van der Waals surface area contributed by atoms with E-state index in [9.17, 15) is 0 Å². The highest BCUT2D eigenvalue weighted by Crippen LogP contribution is 2.37. The molecule has 1 aliphatic carbocycles. The van der Waals surface area contributed by atoms with Crippen LogP contribution in [-0.2, 0) is 0 Å². The van der Waals surface area contributed by atoms with Gasteiger partial charge in [0, 0.05) is 18.3 Å². The van der Waals surface area contributed by atoms with E-state index in [1.54, 1.807) is 0 Å². The van der Waals surface area contributed by atoms with Crippen molar-refractivity contribution in [3.8, 4) is 0 Å². The molecule has 2 aromatic rings. The Hall–Kier alpha value is -0.900. The quantitative estimate of drug-likeness (QED) is 0.781. The second kappa shape index (κ2) is 3.05. The van der Waals surface area contributed by atoms with Gasteiger partial charge in [0.25, 0.3) is 0 Å². The van der Waals surface area contributed by atoms with Crippen LogP contribution in [0.3, 0.4) is 0 Å². The smallest absolute Gasteiger partial charge is 0.133 e. The lowest BCUT2D eigenvalue weighted by atomic mass is 9.85. The van der Waals surface area contributed by atoms with Gasteiger partial charge in [0.15, 0.2) is 0 Å². The minimum absolute atomic E-state index is 0.649. The van der Waals surface area contributed by atoms with Gasteiger partial charge in [-0.05, 0) is 28.8 Å². The largest absolute Gasteiger partial charge is 0.299 e. The first-order chi connectivity index (χ1) is 6.86. The fourth-order valence-corrected chi connectivity index (χ4v) is 2.35. The maximum atomic E-state index is 4.55. The summed E-state index contributed by atoms with van der Waals surface area (Å²) in [7, 11) is 0. The molecule has 14 heavy (non-hydrogen) atoms. The van der Waals surface area contributed by atoms with Crippen LogP contribution in [0.4, 0.5) is 0 Å². The molecule has 1 fully saturated rings. The summed E-state index contributed by atoms with van der Waals surface area (Å²) < 4.78 is 3.05. The Morgan fingerprint density at radius 2 is 2.29 bits per heavy atom. The number of hydrogen-bond acceptors (Lipinski definition) is 2. The van der Waals surface area contributed by atoms with Crippen LogP contribution >= 0.6 is 15.9 Å². The summed E-state index contributed by atoms with van der Waals surface area (Å²) in [5.41, 5.74) is 1.06. The van der Waals surface area contributed by atoms with Gasteiger partial charge in [-0.2, -0.15) is 0 Å². The Bertz CT molecular complexity index is 473. The summed E-state index contributed by atoms with van der Waals surface area (Å²) in [4.78, 5) is 8.65. The number of aromatic nitrogens is 3. The van der Waals surface area contributed by atoms with Gasteiger partial charge in [0.2, 0.25) is 0 Å². The van der Waals surface area contributed by atoms with E-state index in [-0.39, 0.29) is 0 Å². The van der Waals surface area contributed by atoms with Gasteiger partial charge >= 0.3 is 0 Å². The van der Waals surface area contributed by atoms with E-state index in [1.807, 2.05) is 18.6 Å². The van der Waals surface area contributed by atoms with E-state index in [1.165, 1.54) is 25.1 Å². The van der Waals surface area contributed by atoms with Crippen molar-refractivity contribution in [2.75, 3.05) is 0 Å². The molecule has 3 rings (SSSR count). The molecule has 2 heterocycles. The summed E-state index contributed by atoms with van der Waals surface area (Å²) in [6, 6.07) is 0. The standard InChI is InChI=1S/C10H10BrN3/c11-9-8-6-12-4-5-14(8)10(13-9)7-2-1-3-7/h4-7H,1-3H2. The van der Waals surface area contributed by atoms with E-state index in [0.29, 0.717) is 5.92 Å². The van der Waals surface area contributed by atoms with E-state index in [0.717, 1.165) is 10.1 Å². The Balaban J connectivity index is 2.23. The molecule has 0 saturated heterocycles. The molecule has 0 N–H and O–H groups in total. The molecule has 0 aromatic carbocycles. The summed E-state index contributed by atoms with van der Waals surface area (Å²) in [6.45, 7) is 0. The van der Waals surface area contributed by atoms with Crippen LogP contribution in [0.25, 0.3) is 5.52 Å². The van der Waals surface area contributed by atoms with Crippen LogP contribution in [0.2, 0.25) is 0 Å². The van der Waals surface area contributed by atoms with Crippen LogP contribution in [0.15, 0.2) is 23.2 Å². The summed E-state index contributed by atoms with van der Waals surface area (Å²) in [5.74, 6) is 1.83. The lowest BCUT2D eigenvalue weighted by Gasteiger charge is -2.23. The average Bonchev–Trinajstić information content (AvgIpc) is 2.43. The van der Waals surface area contributed by atoms with Crippen LogP contribution in [0.5, 0.6) is 0 Å². The maximum Gasteiger partial charge on any atom is 0.133 e. The van der Waals surface area contributed by atoms with Crippen LogP contribution in [-0.4, -0.2) is 14.4 Å². The minimum atomic E-state index is 0.649. The van der Waals surface area contributed by atoms with Gasteiger partial charge in [0.1, 0.15) is 10.4 Å². The van der Waals surface area contributed by atoms with Gasteiger partial charge in [0.05, 0.1) is 11.7 Å². The molecular weight excluding hydrogens is 242 g/mol. The number of fused-ring (bicyclic) bond motifs is 1. The molecule has 0 atom stereocenters. The molecule has 2 aromatic heterocycles. The molecular formula is C10H10BrN3. The summed E-state index contributed by atoms with van der Waals surface area (Å²) in [6.07, 6.45) is 9.52. The molecule has 4 heteroatoms. The minimum Gasteiger partial charge on any atom is -0.299 e. The SMILES string of the molecule is Brc1nc(C2CCC2)n2ccncc12. The van der Waals surface area contributed by atoms with Gasteiger partial charge in [-0.3, -0.25) is 9.38 Å². The van der Waals surface area contributed by atoms with E-state index < -0.39 is 0 Å². The highest BCUT2D eigenvalue weighted by atomic mass is 79.9. The first kappa shape index (κ1) is 8.41. The molecule has 72 valence electrons. The number of halogens is 1. The Morgan fingerprint density at radius 1 is 1.43 bits per heavy atom. The molecule has 3 nitrogen and oxygen atoms in total. The van der Waals surface area contributed by atoms with Crippen molar-refractivity contribution in [2.24, 2.45) is 0 Å². The summed E-state index contributed by atoms with van der Waals surface area (Å²) in [5, 5.41) is 0. The first-order valence-corrected chi connectivity index (χ1v) is 5.63. The second-order valence-corrected chi connectivity index (χ2v) is 4.47. The predicted molar refractivity (Wildman–Crippen MR) is 57.3 cm³/mol. The van der Waals surface area contributed by atoms with E-state index >= 15 is 0 Å². The van der Waals surface area contributed by atoms with Crippen LogP contribution < -0.4 is 0 Å². The normalized spacial score (nSPS) is 17.2. The molecule has 0 amide bonds. The lowest BCUT2D eigenvalue weighted by Crippen LogP contribution is -2.12. The fourth-order valence-electron chi connectivity index (χ4n) is 1.88. The second-order valence-electron chi connectivity index (χ2n) is 3.72. The summed E-state index contributed by atoms with van der Waals surface area (Å²) >= 11 is 3.47. The molecule has 0 aliphatic heterocycles. The lowest BCUT2D eigenvalue weighted by molar-refractivity contribution is 0.400. The highest BCUT2D eigenvalue weighted by molar-refractivity contribution is 9.10. The number of hydrogen-bond donors (Lipinski definition) is 0. The maximum absolute atomic E-state index is 4.55. The molecule has 0 spiro atoms. The Labute approximate surface area is 90.3 Å². The molecule has 0 unspecified atom stereocenters. The van der Waals surface area contributed by atoms with Crippen LogP contribution in [0, 0.1) is 0 Å². The third kappa shape index (κ3) is 1.10. The van der Waals surface area contributed by atoms with Crippen molar-refractivity contribution >= 4 is 21.4 Å². The predicted octanol–water partition coefficient (Wildman–Crippen LogP) is 2.76. The fraction of sp³-hybridized carbons (Fsp3) is 0.400. The van der Waals surface area contributed by atoms with Crippen molar-refractivity contribution in [1.29, 1.82) is 0 Å². The molecule has 1 saturated carbocycles. The Kier molecular flexibility index (Phi) is 1.83. The van der Waals surface area contributed by atoms with Crippen molar-refractivity contribution in [1.82, 2.24) is 14.4 Å². The van der Waals surface area contributed by atoms with Crippen molar-refractivity contribution in [2.45, 2.75) is 25.2 Å². The van der Waals surface area contributed by atoms with E-state index in [4.69, 9.17) is 0 Å². The zero-order chi connectivity index (χ0) is 9.54. The van der Waals surface area contributed by atoms with Crippen molar-refractivity contribution in [3.63, 3.8) is 0 Å². The average molecular weight is 252 g/mol. The van der Waals surface area contributed by atoms with Gasteiger partial charge in [-0.1, -0.05) is 6.42 Å². The zero-order valence-electron chi connectivity index (χ0n) is 7.65. The Morgan fingerprint density at radius 3 is 3.00 bits per heavy atom. The third-order valence-electron chi connectivity index (χ3n) is 2.90. The van der Waals surface area contributed by atoms with Crippen molar-refractivity contribution in [3.05, 3.63) is 29.0 Å². The van der Waals surface area contributed by atoms with Gasteiger partial charge in [-0.25, -0.2) is 4.98 Å². The van der Waals surface area contributed by atoms with Crippen LogP contribution in [0.1, 0.15) is 31.0 Å². The highest BCUT2D eigenvalue weighted by Gasteiger charge is 2.24. The monoisotopic (exact) mass is 251 g/mol. The third-order valence-corrected chi connectivity index (χ3v) is 3.48.